The van der Waals surface area contributed by atoms with E-state index in [0.29, 0.717) is 17.7 Å². The highest BCUT2D eigenvalue weighted by atomic mass is 32.2. The van der Waals surface area contributed by atoms with Crippen LogP contribution in [0.3, 0.4) is 0 Å². The average molecular weight is 635 g/mol. The summed E-state index contributed by atoms with van der Waals surface area (Å²) in [5.41, 5.74) is 4.65. The van der Waals surface area contributed by atoms with Crippen LogP contribution in [0.1, 0.15) is 65.1 Å². The first-order valence-corrected chi connectivity index (χ1v) is 17.5. The minimum absolute atomic E-state index is 0.138. The standard InChI is InChI=1S/C34H38N2O6S2/c1-4-5-15-30(31-21-35-33(43-31)25-12-7-6-8-13-25)42-22-24-16-17-27(28(20-24)26-14-10-9-11-23(26)2)32(37)36-29(34(38)39)18-19-44(3,40)41/h6-14,16-17,20-21,29-30H,4-5,15,18-19,22H2,1-3H3,(H,36,37)(H,38,39)/t29-,30+/m0/s1. The zero-order valence-corrected chi connectivity index (χ0v) is 26.8. The number of nitrogens with one attached hydrogen (secondary N) is 1. The smallest absolute Gasteiger partial charge is 0.326 e. The van der Waals surface area contributed by atoms with Crippen LogP contribution in [0, 0.1) is 6.92 Å². The van der Waals surface area contributed by atoms with Gasteiger partial charge in [-0.2, -0.15) is 0 Å². The number of benzene rings is 3. The van der Waals surface area contributed by atoms with Gasteiger partial charge in [0, 0.05) is 23.6 Å². The second-order valence-electron chi connectivity index (χ2n) is 10.9. The van der Waals surface area contributed by atoms with Gasteiger partial charge in [-0.3, -0.25) is 4.79 Å². The Bertz CT molecular complexity index is 1680. The van der Waals surface area contributed by atoms with Gasteiger partial charge in [0.25, 0.3) is 5.91 Å². The molecular formula is C34H38N2O6S2. The third-order valence-electron chi connectivity index (χ3n) is 7.28. The number of rotatable bonds is 15. The van der Waals surface area contributed by atoms with Gasteiger partial charge in [-0.05, 0) is 54.2 Å². The summed E-state index contributed by atoms with van der Waals surface area (Å²) in [5, 5.41) is 13.1. The molecule has 0 aliphatic rings. The summed E-state index contributed by atoms with van der Waals surface area (Å²) in [5.74, 6) is -2.23. The number of carbonyl (C=O) groups excluding carboxylic acids is 1. The quantitative estimate of drug-likeness (QED) is 0.147. The molecule has 1 heterocycles. The first-order chi connectivity index (χ1) is 21.1. The molecule has 0 unspecified atom stereocenters. The molecule has 0 aliphatic heterocycles. The van der Waals surface area contributed by atoms with E-state index in [9.17, 15) is 23.1 Å². The van der Waals surface area contributed by atoms with Crippen molar-refractivity contribution in [2.75, 3.05) is 12.0 Å². The van der Waals surface area contributed by atoms with E-state index >= 15 is 0 Å². The predicted octanol–water partition coefficient (Wildman–Crippen LogP) is 6.85. The van der Waals surface area contributed by atoms with Crippen molar-refractivity contribution in [1.82, 2.24) is 10.3 Å². The zero-order chi connectivity index (χ0) is 31.7. The van der Waals surface area contributed by atoms with E-state index < -0.39 is 27.8 Å². The second kappa shape index (κ2) is 15.2. The molecule has 0 bridgehead atoms. The molecule has 3 aromatic carbocycles. The number of aryl methyl sites for hydroxylation is 1. The van der Waals surface area contributed by atoms with Crippen molar-refractivity contribution in [1.29, 1.82) is 0 Å². The Balaban J connectivity index is 1.59. The maximum atomic E-state index is 13.4. The Morgan fingerprint density at radius 3 is 2.41 bits per heavy atom. The number of carboxylic acids is 1. The molecule has 8 nitrogen and oxygen atoms in total. The monoisotopic (exact) mass is 634 g/mol. The van der Waals surface area contributed by atoms with Crippen molar-refractivity contribution >= 4 is 33.1 Å². The molecular weight excluding hydrogens is 597 g/mol. The summed E-state index contributed by atoms with van der Waals surface area (Å²) in [7, 11) is -3.40. The Hall–Kier alpha value is -3.86. The minimum Gasteiger partial charge on any atom is -0.480 e. The third-order valence-corrected chi connectivity index (χ3v) is 9.39. The van der Waals surface area contributed by atoms with Gasteiger partial charge in [0.1, 0.15) is 20.9 Å². The van der Waals surface area contributed by atoms with Crippen LogP contribution in [0.15, 0.2) is 79.0 Å². The average Bonchev–Trinajstić information content (AvgIpc) is 3.49. The molecule has 10 heteroatoms. The van der Waals surface area contributed by atoms with Gasteiger partial charge in [0.05, 0.1) is 23.3 Å². The first kappa shape index (κ1) is 33.0. The summed E-state index contributed by atoms with van der Waals surface area (Å²) in [6, 6.07) is 21.7. The van der Waals surface area contributed by atoms with E-state index in [4.69, 9.17) is 4.74 Å². The van der Waals surface area contributed by atoms with Crippen LogP contribution in [0.2, 0.25) is 0 Å². The van der Waals surface area contributed by atoms with Crippen molar-refractivity contribution in [3.63, 3.8) is 0 Å². The summed E-state index contributed by atoms with van der Waals surface area (Å²) in [6.45, 7) is 4.40. The van der Waals surface area contributed by atoms with Crippen molar-refractivity contribution in [2.45, 2.75) is 58.3 Å². The second-order valence-corrected chi connectivity index (χ2v) is 14.2. The number of aromatic nitrogens is 1. The number of carbonyl (C=O) groups is 2. The fourth-order valence-corrected chi connectivity index (χ4v) is 6.52. The lowest BCUT2D eigenvalue weighted by atomic mass is 9.93. The highest BCUT2D eigenvalue weighted by Gasteiger charge is 2.25. The highest BCUT2D eigenvalue weighted by Crippen LogP contribution is 2.34. The molecule has 0 saturated heterocycles. The van der Waals surface area contributed by atoms with E-state index in [-0.39, 0.29) is 18.3 Å². The lowest BCUT2D eigenvalue weighted by molar-refractivity contribution is -0.139. The highest BCUT2D eigenvalue weighted by molar-refractivity contribution is 7.90. The third kappa shape index (κ3) is 9.07. The molecule has 2 N–H and O–H groups in total. The van der Waals surface area contributed by atoms with Gasteiger partial charge >= 0.3 is 5.97 Å². The normalized spacial score (nSPS) is 12.9. The van der Waals surface area contributed by atoms with Crippen molar-refractivity contribution in [3.8, 4) is 21.7 Å². The van der Waals surface area contributed by atoms with Crippen LogP contribution in [0.4, 0.5) is 0 Å². The Morgan fingerprint density at radius 2 is 1.73 bits per heavy atom. The largest absolute Gasteiger partial charge is 0.480 e. The molecule has 1 amide bonds. The number of carboxylic acid groups (broad SMARTS) is 1. The van der Waals surface area contributed by atoms with Crippen LogP contribution in [0.25, 0.3) is 21.7 Å². The maximum absolute atomic E-state index is 13.4. The van der Waals surface area contributed by atoms with Crippen molar-refractivity contribution in [2.24, 2.45) is 0 Å². The van der Waals surface area contributed by atoms with Gasteiger partial charge in [-0.25, -0.2) is 18.2 Å². The number of nitrogens with zero attached hydrogens (tertiary/aromatic N) is 1. The summed E-state index contributed by atoms with van der Waals surface area (Å²) < 4.78 is 29.7. The molecule has 0 fully saturated rings. The van der Waals surface area contributed by atoms with Crippen LogP contribution in [-0.2, 0) is 26.0 Å². The van der Waals surface area contributed by atoms with Gasteiger partial charge in [0.15, 0.2) is 0 Å². The van der Waals surface area contributed by atoms with Gasteiger partial charge < -0.3 is 15.2 Å². The van der Waals surface area contributed by atoms with Gasteiger partial charge in [0.2, 0.25) is 0 Å². The summed E-state index contributed by atoms with van der Waals surface area (Å²) in [4.78, 5) is 31.0. The molecule has 1 aromatic heterocycles. The molecule has 4 aromatic rings. The van der Waals surface area contributed by atoms with E-state index in [1.54, 1.807) is 17.4 Å². The Labute approximate surface area is 263 Å². The number of ether oxygens (including phenoxy) is 1. The topological polar surface area (TPSA) is 123 Å². The number of amides is 1. The zero-order valence-electron chi connectivity index (χ0n) is 25.2. The molecule has 0 radical (unpaired) electrons. The molecule has 0 aliphatic carbocycles. The molecule has 4 rings (SSSR count). The van der Waals surface area contributed by atoms with E-state index in [2.05, 4.69) is 17.2 Å². The van der Waals surface area contributed by atoms with E-state index in [1.807, 2.05) is 79.9 Å². The van der Waals surface area contributed by atoms with Gasteiger partial charge in [-0.1, -0.05) is 80.4 Å². The van der Waals surface area contributed by atoms with Crippen LogP contribution in [0.5, 0.6) is 0 Å². The minimum atomic E-state index is -3.40. The van der Waals surface area contributed by atoms with Crippen LogP contribution < -0.4 is 5.32 Å². The van der Waals surface area contributed by atoms with Crippen molar-refractivity contribution < 1.29 is 27.9 Å². The summed E-state index contributed by atoms with van der Waals surface area (Å²) in [6.07, 6.45) is 5.45. The SMILES string of the molecule is CCCC[C@@H](OCc1ccc(C(=O)N[C@@H](CCS(C)(=O)=O)C(=O)O)c(-c2ccccc2C)c1)c1cnc(-c2ccccc2)s1. The van der Waals surface area contributed by atoms with Crippen LogP contribution >= 0.6 is 11.3 Å². The molecule has 44 heavy (non-hydrogen) atoms. The molecule has 232 valence electrons. The molecule has 0 saturated carbocycles. The molecule has 0 spiro atoms. The fourth-order valence-electron chi connectivity index (χ4n) is 4.85. The lowest BCUT2D eigenvalue weighted by Crippen LogP contribution is -2.42. The van der Waals surface area contributed by atoms with Crippen molar-refractivity contribution in [3.05, 3.63) is 101 Å². The predicted molar refractivity (Wildman–Crippen MR) is 174 cm³/mol. The van der Waals surface area contributed by atoms with Gasteiger partial charge in [-0.15, -0.1) is 11.3 Å². The Kier molecular flexibility index (Phi) is 11.4. The fraction of sp³-hybridized carbons (Fsp3) is 0.324. The summed E-state index contributed by atoms with van der Waals surface area (Å²) >= 11 is 1.63. The number of thiazole rings is 1. The first-order valence-electron chi connectivity index (χ1n) is 14.6. The Morgan fingerprint density at radius 1 is 1.00 bits per heavy atom. The number of unbranched alkanes of at least 4 members (excludes halogenated alkanes) is 1. The number of sulfone groups is 1. The molecule has 2 atom stereocenters. The van der Waals surface area contributed by atoms with E-state index in [1.165, 1.54) is 0 Å². The number of hydrogen-bond donors (Lipinski definition) is 2. The van der Waals surface area contributed by atoms with Crippen LogP contribution in [-0.4, -0.2) is 48.4 Å². The number of hydrogen-bond acceptors (Lipinski definition) is 7. The van der Waals surface area contributed by atoms with E-state index in [0.717, 1.165) is 57.7 Å². The maximum Gasteiger partial charge on any atom is 0.326 e. The number of aliphatic carboxylic acids is 1. The lowest BCUT2D eigenvalue weighted by Gasteiger charge is -2.19.